The van der Waals surface area contributed by atoms with Crippen molar-refractivity contribution in [1.82, 2.24) is 15.1 Å². The molecule has 0 aromatic carbocycles. The molecule has 2 atom stereocenters. The molecule has 1 rings (SSSR count). The number of nitrogens with one attached hydrogen (secondary N) is 1. The van der Waals surface area contributed by atoms with Gasteiger partial charge in [-0.1, -0.05) is 6.92 Å². The molecular weight excluding hydrogens is 210 g/mol. The molecule has 0 amide bonds. The van der Waals surface area contributed by atoms with Crippen LogP contribution in [0.5, 0.6) is 0 Å². The predicted octanol–water partition coefficient (Wildman–Crippen LogP) is 1.01. The molecule has 1 N–H and O–H groups in total. The highest BCUT2D eigenvalue weighted by atomic mass is 15.3. The van der Waals surface area contributed by atoms with E-state index >= 15 is 0 Å². The summed E-state index contributed by atoms with van der Waals surface area (Å²) in [5.41, 5.74) is 0. The van der Waals surface area contributed by atoms with Gasteiger partial charge < -0.3 is 10.2 Å². The number of likely N-dealkylation sites (N-methyl/N-ethyl adjacent to an activating group) is 2. The molecule has 0 saturated carbocycles. The lowest BCUT2D eigenvalue weighted by Gasteiger charge is -2.41. The molecule has 0 aliphatic carbocycles. The Morgan fingerprint density at radius 1 is 1.35 bits per heavy atom. The summed E-state index contributed by atoms with van der Waals surface area (Å²) >= 11 is 0. The first-order chi connectivity index (χ1) is 8.19. The normalized spacial score (nSPS) is 24.1. The van der Waals surface area contributed by atoms with E-state index in [1.54, 1.807) is 0 Å². The van der Waals surface area contributed by atoms with E-state index in [4.69, 9.17) is 0 Å². The van der Waals surface area contributed by atoms with E-state index in [1.807, 2.05) is 6.92 Å². The molecule has 0 bridgehead atoms. The summed E-state index contributed by atoms with van der Waals surface area (Å²) < 4.78 is 0. The second-order valence-electron chi connectivity index (χ2n) is 5.00. The maximum Gasteiger partial charge on any atom is 0.0383 e. The maximum atomic E-state index is 3.65. The van der Waals surface area contributed by atoms with Crippen molar-refractivity contribution in [3.05, 3.63) is 0 Å². The average Bonchev–Trinajstić information content (AvgIpc) is 2.33. The van der Waals surface area contributed by atoms with Crippen molar-refractivity contribution in [2.24, 2.45) is 0 Å². The Bertz CT molecular complexity index is 266. The van der Waals surface area contributed by atoms with Crippen molar-refractivity contribution in [2.45, 2.75) is 38.8 Å². The molecule has 0 radical (unpaired) electrons. The molecule has 1 aliphatic rings. The van der Waals surface area contributed by atoms with E-state index in [0.29, 0.717) is 12.1 Å². The fourth-order valence-corrected chi connectivity index (χ4v) is 2.36. The van der Waals surface area contributed by atoms with Crippen molar-refractivity contribution in [3.8, 4) is 11.8 Å². The van der Waals surface area contributed by atoms with Gasteiger partial charge in [0.2, 0.25) is 0 Å². The summed E-state index contributed by atoms with van der Waals surface area (Å²) in [5, 5.41) is 3.65. The smallest absolute Gasteiger partial charge is 0.0383 e. The van der Waals surface area contributed by atoms with Crippen LogP contribution >= 0.6 is 0 Å². The van der Waals surface area contributed by atoms with E-state index in [-0.39, 0.29) is 0 Å². The van der Waals surface area contributed by atoms with Crippen molar-refractivity contribution in [2.75, 3.05) is 40.3 Å². The Balaban J connectivity index is 2.60. The number of hydrogen-bond acceptors (Lipinski definition) is 3. The Morgan fingerprint density at radius 3 is 2.76 bits per heavy atom. The lowest BCUT2D eigenvalue weighted by molar-refractivity contribution is 0.0888. The molecule has 1 fully saturated rings. The molecule has 3 heteroatoms. The van der Waals surface area contributed by atoms with Gasteiger partial charge in [-0.2, -0.15) is 0 Å². The first kappa shape index (κ1) is 14.5. The van der Waals surface area contributed by atoms with Gasteiger partial charge in [-0.25, -0.2) is 0 Å². The first-order valence-electron chi connectivity index (χ1n) is 6.70. The molecule has 1 aliphatic heterocycles. The topological polar surface area (TPSA) is 18.5 Å². The number of hydrogen-bond donors (Lipinski definition) is 1. The lowest BCUT2D eigenvalue weighted by Crippen LogP contribution is -2.58. The molecule has 98 valence electrons. The zero-order chi connectivity index (χ0) is 12.7. The van der Waals surface area contributed by atoms with Crippen LogP contribution in [0.4, 0.5) is 0 Å². The molecule has 0 aromatic heterocycles. The molecular formula is C14H27N3. The van der Waals surface area contributed by atoms with Crippen LogP contribution in [0.1, 0.15) is 26.7 Å². The molecule has 3 nitrogen and oxygen atoms in total. The van der Waals surface area contributed by atoms with Crippen molar-refractivity contribution < 1.29 is 0 Å². The van der Waals surface area contributed by atoms with Gasteiger partial charge in [0.25, 0.3) is 0 Å². The number of nitrogens with zero attached hydrogens (tertiary/aromatic N) is 2. The SMILES string of the molecule is CC#CCC(NCCC)C1CN(C)CCN1C. The highest BCUT2D eigenvalue weighted by molar-refractivity contribution is 5.02. The monoisotopic (exact) mass is 237 g/mol. The molecule has 1 heterocycles. The van der Waals surface area contributed by atoms with Gasteiger partial charge in [-0.15, -0.1) is 11.8 Å². The third kappa shape index (κ3) is 4.67. The maximum absolute atomic E-state index is 3.65. The predicted molar refractivity (Wildman–Crippen MR) is 74.1 cm³/mol. The Hall–Kier alpha value is -0.560. The van der Waals surface area contributed by atoms with Crippen LogP contribution in [0.2, 0.25) is 0 Å². The van der Waals surface area contributed by atoms with Crippen molar-refractivity contribution >= 4 is 0 Å². The Kier molecular flexibility index (Phi) is 6.57. The first-order valence-corrected chi connectivity index (χ1v) is 6.70. The highest BCUT2D eigenvalue weighted by Gasteiger charge is 2.28. The van der Waals surface area contributed by atoms with Gasteiger partial charge in [0.15, 0.2) is 0 Å². The molecule has 0 aromatic rings. The fraction of sp³-hybridized carbons (Fsp3) is 0.857. The highest BCUT2D eigenvalue weighted by Crippen LogP contribution is 2.12. The number of rotatable bonds is 5. The summed E-state index contributed by atoms with van der Waals surface area (Å²) in [7, 11) is 4.44. The third-order valence-electron chi connectivity index (χ3n) is 3.52. The van der Waals surface area contributed by atoms with E-state index < -0.39 is 0 Å². The average molecular weight is 237 g/mol. The minimum Gasteiger partial charge on any atom is -0.311 e. The standard InChI is InChI=1S/C14H27N3/c1-5-7-8-13(15-9-6-2)14-12-16(3)10-11-17(14)4/h13-15H,6,8-12H2,1-4H3. The van der Waals surface area contributed by atoms with Crippen LogP contribution in [0.15, 0.2) is 0 Å². The van der Waals surface area contributed by atoms with Gasteiger partial charge in [-0.3, -0.25) is 4.90 Å². The zero-order valence-electron chi connectivity index (χ0n) is 11.8. The van der Waals surface area contributed by atoms with E-state index in [0.717, 1.165) is 26.1 Å². The van der Waals surface area contributed by atoms with Gasteiger partial charge in [0.05, 0.1) is 0 Å². The van der Waals surface area contributed by atoms with Crippen LogP contribution < -0.4 is 5.32 Å². The Labute approximate surface area is 107 Å². The van der Waals surface area contributed by atoms with Crippen molar-refractivity contribution in [3.63, 3.8) is 0 Å². The number of piperazine rings is 1. The van der Waals surface area contributed by atoms with Gasteiger partial charge in [-0.05, 0) is 34.0 Å². The van der Waals surface area contributed by atoms with Crippen LogP contribution in [-0.2, 0) is 0 Å². The zero-order valence-corrected chi connectivity index (χ0v) is 11.8. The van der Waals surface area contributed by atoms with Crippen LogP contribution in [0.3, 0.4) is 0 Å². The molecule has 2 unspecified atom stereocenters. The summed E-state index contributed by atoms with van der Waals surface area (Å²) in [5.74, 6) is 6.25. The second kappa shape index (κ2) is 7.71. The molecule has 0 spiro atoms. The lowest BCUT2D eigenvalue weighted by atomic mass is 10.0. The van der Waals surface area contributed by atoms with Gasteiger partial charge in [0.1, 0.15) is 0 Å². The summed E-state index contributed by atoms with van der Waals surface area (Å²) in [6.07, 6.45) is 2.14. The van der Waals surface area contributed by atoms with Gasteiger partial charge >= 0.3 is 0 Å². The van der Waals surface area contributed by atoms with Crippen LogP contribution in [0, 0.1) is 11.8 Å². The fourth-order valence-electron chi connectivity index (χ4n) is 2.36. The second-order valence-corrected chi connectivity index (χ2v) is 5.00. The summed E-state index contributed by atoms with van der Waals surface area (Å²) in [6, 6.07) is 1.08. The minimum absolute atomic E-state index is 0.496. The van der Waals surface area contributed by atoms with E-state index in [2.05, 4.69) is 48.0 Å². The van der Waals surface area contributed by atoms with Crippen LogP contribution in [0.25, 0.3) is 0 Å². The third-order valence-corrected chi connectivity index (χ3v) is 3.52. The largest absolute Gasteiger partial charge is 0.311 e. The molecule has 17 heavy (non-hydrogen) atoms. The van der Waals surface area contributed by atoms with E-state index in [1.165, 1.54) is 13.0 Å². The van der Waals surface area contributed by atoms with Crippen LogP contribution in [-0.4, -0.2) is 62.2 Å². The summed E-state index contributed by atoms with van der Waals surface area (Å²) in [6.45, 7) is 8.70. The molecule has 1 saturated heterocycles. The Morgan fingerprint density at radius 2 is 2.12 bits per heavy atom. The minimum atomic E-state index is 0.496. The van der Waals surface area contributed by atoms with Crippen molar-refractivity contribution in [1.29, 1.82) is 0 Å². The van der Waals surface area contributed by atoms with Gasteiger partial charge in [0, 0.05) is 38.1 Å². The summed E-state index contributed by atoms with van der Waals surface area (Å²) in [4.78, 5) is 4.90. The quantitative estimate of drug-likeness (QED) is 0.720. The van der Waals surface area contributed by atoms with E-state index in [9.17, 15) is 0 Å².